The van der Waals surface area contributed by atoms with Crippen molar-refractivity contribution < 1.29 is 9.18 Å². The van der Waals surface area contributed by atoms with E-state index in [0.717, 1.165) is 42.3 Å². The Hall–Kier alpha value is -2.66. The van der Waals surface area contributed by atoms with Crippen molar-refractivity contribution in [3.05, 3.63) is 76.9 Å². The van der Waals surface area contributed by atoms with E-state index in [-0.39, 0.29) is 23.7 Å². The van der Waals surface area contributed by atoms with Crippen LogP contribution in [0.2, 0.25) is 0 Å². The molecule has 2 bridgehead atoms. The van der Waals surface area contributed by atoms with Gasteiger partial charge in [-0.15, -0.1) is 0 Å². The number of rotatable bonds is 3. The number of pyridine rings is 1. The molecule has 2 aromatic rings. The number of nitrogens with one attached hydrogen (secondary N) is 1. The largest absolute Gasteiger partial charge is 0.296 e. The summed E-state index contributed by atoms with van der Waals surface area (Å²) in [5.41, 5.74) is 6.16. The van der Waals surface area contributed by atoms with Gasteiger partial charge in [-0.3, -0.25) is 20.2 Å². The van der Waals surface area contributed by atoms with Crippen molar-refractivity contribution in [3.8, 4) is 0 Å². The van der Waals surface area contributed by atoms with Gasteiger partial charge in [0.15, 0.2) is 0 Å². The molecule has 1 N–H and O–H groups in total. The van der Waals surface area contributed by atoms with Gasteiger partial charge in [-0.25, -0.2) is 4.39 Å². The Bertz CT molecular complexity index is 1120. The first-order chi connectivity index (χ1) is 15.0. The van der Waals surface area contributed by atoms with Gasteiger partial charge in [0.25, 0.3) is 5.91 Å². The number of hydrazine groups is 1. The Morgan fingerprint density at radius 3 is 2.84 bits per heavy atom. The lowest BCUT2D eigenvalue weighted by molar-refractivity contribution is -0.140. The average molecular weight is 438 g/mol. The van der Waals surface area contributed by atoms with Crippen molar-refractivity contribution in [3.63, 3.8) is 0 Å². The van der Waals surface area contributed by atoms with Crippen LogP contribution >= 0.6 is 11.6 Å². The first-order valence-corrected chi connectivity index (χ1v) is 11.3. The number of allylic oxidation sites excluding steroid dienone is 3. The molecule has 2 unspecified atom stereocenters. The quantitative estimate of drug-likeness (QED) is 0.682. The Kier molecular flexibility index (Phi) is 5.30. The summed E-state index contributed by atoms with van der Waals surface area (Å²) >= 11 is 6.17. The summed E-state index contributed by atoms with van der Waals surface area (Å²) in [6.07, 6.45) is 13.3. The third kappa shape index (κ3) is 3.87. The minimum absolute atomic E-state index is 0.0602. The number of hydrogen-bond donors (Lipinski definition) is 1. The lowest BCUT2D eigenvalue weighted by Crippen LogP contribution is -2.54. The van der Waals surface area contributed by atoms with Gasteiger partial charge in [0.05, 0.1) is 23.2 Å². The van der Waals surface area contributed by atoms with Crippen molar-refractivity contribution in [2.75, 3.05) is 0 Å². The van der Waals surface area contributed by atoms with Gasteiger partial charge in [0.2, 0.25) is 0 Å². The average Bonchev–Trinajstić information content (AvgIpc) is 2.94. The number of fused-ring (bicyclic) bond motifs is 2. The molecule has 1 fully saturated rings. The number of hydrogen-bond acceptors (Lipinski definition) is 3. The zero-order chi connectivity index (χ0) is 21.5. The van der Waals surface area contributed by atoms with Crippen LogP contribution in [-0.4, -0.2) is 21.9 Å². The molecular weight excluding hydrogens is 413 g/mol. The van der Waals surface area contributed by atoms with Crippen LogP contribution in [-0.2, 0) is 4.79 Å². The zero-order valence-corrected chi connectivity index (χ0v) is 18.1. The van der Waals surface area contributed by atoms with Crippen LogP contribution in [0.5, 0.6) is 0 Å². The molecule has 2 atom stereocenters. The van der Waals surface area contributed by atoms with E-state index in [0.29, 0.717) is 16.9 Å². The second-order valence-electron chi connectivity index (χ2n) is 8.77. The third-order valence-electron chi connectivity index (χ3n) is 6.93. The highest BCUT2D eigenvalue weighted by molar-refractivity contribution is 6.31. The summed E-state index contributed by atoms with van der Waals surface area (Å²) in [7, 11) is 0. The summed E-state index contributed by atoms with van der Waals surface area (Å²) in [4.78, 5) is 17.4. The van der Waals surface area contributed by atoms with Crippen molar-refractivity contribution in [1.82, 2.24) is 15.4 Å². The second kappa shape index (κ2) is 8.12. The number of nitrogens with zero attached hydrogens (tertiary/aromatic N) is 2. The van der Waals surface area contributed by atoms with Crippen LogP contribution in [0, 0.1) is 17.7 Å². The van der Waals surface area contributed by atoms with Gasteiger partial charge >= 0.3 is 0 Å². The highest BCUT2D eigenvalue weighted by Crippen LogP contribution is 2.40. The van der Waals surface area contributed by atoms with Crippen molar-refractivity contribution >= 4 is 28.4 Å². The molecule has 0 spiro atoms. The Morgan fingerprint density at radius 2 is 2.03 bits per heavy atom. The Labute approximate surface area is 186 Å². The summed E-state index contributed by atoms with van der Waals surface area (Å²) < 4.78 is 13.9. The molecule has 2 aliphatic carbocycles. The van der Waals surface area contributed by atoms with E-state index in [9.17, 15) is 9.18 Å². The van der Waals surface area contributed by atoms with E-state index >= 15 is 0 Å². The number of aromatic nitrogens is 1. The number of halogens is 2. The maximum atomic E-state index is 13.9. The van der Waals surface area contributed by atoms with E-state index < -0.39 is 0 Å². The molecule has 1 saturated carbocycles. The van der Waals surface area contributed by atoms with Crippen LogP contribution < -0.4 is 5.43 Å². The summed E-state index contributed by atoms with van der Waals surface area (Å²) in [5.74, 6) is 0.348. The molecular formula is C25H25ClFN3O. The predicted octanol–water partition coefficient (Wildman–Crippen LogP) is 5.58. The van der Waals surface area contributed by atoms with E-state index in [1.807, 2.05) is 30.5 Å². The van der Waals surface area contributed by atoms with Crippen LogP contribution in [0.3, 0.4) is 0 Å². The molecule has 2 heterocycles. The fraction of sp³-hybridized carbons (Fsp3) is 0.360. The molecule has 3 aliphatic rings. The summed E-state index contributed by atoms with van der Waals surface area (Å²) in [6.45, 7) is 2.13. The smallest absolute Gasteiger partial charge is 0.252 e. The zero-order valence-electron chi connectivity index (χ0n) is 17.4. The highest BCUT2D eigenvalue weighted by Gasteiger charge is 2.36. The summed E-state index contributed by atoms with van der Waals surface area (Å²) in [6, 6.07) is 6.92. The minimum Gasteiger partial charge on any atom is -0.296 e. The topological polar surface area (TPSA) is 45.2 Å². The second-order valence-corrected chi connectivity index (χ2v) is 9.21. The van der Waals surface area contributed by atoms with Gasteiger partial charge in [-0.2, -0.15) is 0 Å². The number of carbonyl (C=O) groups is 1. The fourth-order valence-electron chi connectivity index (χ4n) is 5.19. The molecule has 5 rings (SSSR count). The van der Waals surface area contributed by atoms with Gasteiger partial charge in [0, 0.05) is 16.6 Å². The number of benzene rings is 1. The third-order valence-corrected chi connectivity index (χ3v) is 7.16. The van der Waals surface area contributed by atoms with Crippen molar-refractivity contribution in [1.29, 1.82) is 0 Å². The van der Waals surface area contributed by atoms with Crippen molar-refractivity contribution in [2.45, 2.75) is 44.6 Å². The molecule has 1 aromatic heterocycles. The SMILES string of the molecule is CC([C@H]1CC[C@@H](c2ccnc3ccc(F)cc32)CC1)N1NC2=CC(C=CC(Cl)=C2)C1=O. The minimum atomic E-state index is -0.277. The maximum absolute atomic E-state index is 13.9. The molecule has 160 valence electrons. The fourth-order valence-corrected chi connectivity index (χ4v) is 5.38. The van der Waals surface area contributed by atoms with E-state index in [4.69, 9.17) is 11.6 Å². The first-order valence-electron chi connectivity index (χ1n) is 10.9. The van der Waals surface area contributed by atoms with Crippen molar-refractivity contribution in [2.24, 2.45) is 11.8 Å². The van der Waals surface area contributed by atoms with Crippen LogP contribution in [0.15, 0.2) is 65.5 Å². The molecule has 31 heavy (non-hydrogen) atoms. The highest BCUT2D eigenvalue weighted by atomic mass is 35.5. The molecule has 6 heteroatoms. The van der Waals surface area contributed by atoms with Gasteiger partial charge in [-0.1, -0.05) is 17.7 Å². The normalized spacial score (nSPS) is 26.7. The predicted molar refractivity (Wildman–Crippen MR) is 120 cm³/mol. The Morgan fingerprint density at radius 1 is 1.23 bits per heavy atom. The number of carbonyl (C=O) groups excluding carboxylic acids is 1. The molecule has 1 aliphatic heterocycles. The summed E-state index contributed by atoms with van der Waals surface area (Å²) in [5, 5.41) is 3.32. The molecule has 4 nitrogen and oxygen atoms in total. The first kappa shape index (κ1) is 20.3. The molecule has 1 amide bonds. The van der Waals surface area contributed by atoms with E-state index in [1.54, 1.807) is 23.2 Å². The van der Waals surface area contributed by atoms with E-state index in [2.05, 4.69) is 17.3 Å². The molecule has 0 radical (unpaired) electrons. The monoisotopic (exact) mass is 437 g/mol. The molecule has 1 aromatic carbocycles. The number of amides is 1. The van der Waals surface area contributed by atoms with Crippen LogP contribution in [0.1, 0.15) is 44.1 Å². The Balaban J connectivity index is 1.30. The maximum Gasteiger partial charge on any atom is 0.252 e. The lowest BCUT2D eigenvalue weighted by Gasteiger charge is -2.41. The van der Waals surface area contributed by atoms with Gasteiger partial charge in [0.1, 0.15) is 5.82 Å². The van der Waals surface area contributed by atoms with Crippen LogP contribution in [0.4, 0.5) is 4.39 Å². The van der Waals surface area contributed by atoms with E-state index in [1.165, 1.54) is 11.6 Å². The van der Waals surface area contributed by atoms with Gasteiger partial charge < -0.3 is 0 Å². The van der Waals surface area contributed by atoms with Crippen LogP contribution in [0.25, 0.3) is 10.9 Å². The molecule has 0 saturated heterocycles. The van der Waals surface area contributed by atoms with Gasteiger partial charge in [-0.05, 0) is 92.5 Å². The standard InChI is InChI=1S/C25H25ClFN3O/c1-15(30-25(31)18-6-7-19(26)13-21(12-18)29-30)16-2-4-17(5-3-16)22-10-11-28-24-9-8-20(27)14-23(22)24/h6-18,29H,2-5H2,1H3/t15?,16-,17+,18?. The lowest BCUT2D eigenvalue weighted by atomic mass is 9.75.